The number of aromatic nitrogens is 6. The number of fused-ring (bicyclic) bond motifs is 2. The van der Waals surface area contributed by atoms with Crippen molar-refractivity contribution in [2.45, 2.75) is 65.5 Å². The first-order chi connectivity index (χ1) is 14.7. The molecule has 5 heterocycles. The number of H-pyrrole nitrogens is 1. The maximum Gasteiger partial charge on any atom is 0.161 e. The highest BCUT2D eigenvalue weighted by Crippen LogP contribution is 2.29. The van der Waals surface area contributed by atoms with E-state index >= 15 is 0 Å². The number of rotatable bonds is 7. The first kappa shape index (κ1) is 19.5. The van der Waals surface area contributed by atoms with Gasteiger partial charge in [0, 0.05) is 37.3 Å². The maximum absolute atomic E-state index is 4.89. The summed E-state index contributed by atoms with van der Waals surface area (Å²) in [5.41, 5.74) is 4.74. The molecule has 8 heteroatoms. The van der Waals surface area contributed by atoms with E-state index in [-0.39, 0.29) is 0 Å². The molecule has 0 aliphatic carbocycles. The Bertz CT molecular complexity index is 1010. The van der Waals surface area contributed by atoms with Gasteiger partial charge < -0.3 is 9.80 Å². The van der Waals surface area contributed by atoms with Gasteiger partial charge in [0.1, 0.15) is 11.6 Å². The predicted molar refractivity (Wildman–Crippen MR) is 118 cm³/mol. The molecule has 1 saturated heterocycles. The highest BCUT2D eigenvalue weighted by Gasteiger charge is 2.25. The minimum Gasteiger partial charge on any atom is -0.351 e. The molecule has 0 saturated carbocycles. The van der Waals surface area contributed by atoms with Gasteiger partial charge in [0.25, 0.3) is 0 Å². The van der Waals surface area contributed by atoms with E-state index in [1.54, 1.807) is 0 Å². The van der Waals surface area contributed by atoms with Crippen molar-refractivity contribution in [3.8, 4) is 0 Å². The van der Waals surface area contributed by atoms with Gasteiger partial charge in [-0.25, -0.2) is 9.97 Å². The Balaban J connectivity index is 1.24. The van der Waals surface area contributed by atoms with Crippen molar-refractivity contribution < 1.29 is 0 Å². The van der Waals surface area contributed by atoms with E-state index in [0.717, 1.165) is 54.4 Å². The van der Waals surface area contributed by atoms with E-state index in [4.69, 9.17) is 10.1 Å². The largest absolute Gasteiger partial charge is 0.351 e. The Kier molecular flexibility index (Phi) is 5.41. The fourth-order valence-corrected chi connectivity index (χ4v) is 4.98. The molecule has 160 valence electrons. The van der Waals surface area contributed by atoms with Gasteiger partial charge >= 0.3 is 0 Å². The molecule has 3 aromatic heterocycles. The Morgan fingerprint density at radius 2 is 1.83 bits per heavy atom. The molecule has 0 atom stereocenters. The lowest BCUT2D eigenvalue weighted by atomic mass is 10.1. The molecule has 1 fully saturated rings. The SMILES string of the molecule is Cc1nc(N2CCc3c(c(C)nn3CCCCCN3CCCC3)C2)c2cn[nH]c2n1. The average molecular weight is 409 g/mol. The van der Waals surface area contributed by atoms with Gasteiger partial charge in [-0.05, 0) is 59.2 Å². The van der Waals surface area contributed by atoms with Crippen LogP contribution in [0.2, 0.25) is 0 Å². The molecule has 3 aromatic rings. The highest BCUT2D eigenvalue weighted by atomic mass is 15.3. The molecular formula is C22H32N8. The number of nitrogens with one attached hydrogen (secondary N) is 1. The number of likely N-dealkylation sites (tertiary alicyclic amines) is 1. The molecule has 0 bridgehead atoms. The van der Waals surface area contributed by atoms with E-state index in [1.807, 2.05) is 13.1 Å². The highest BCUT2D eigenvalue weighted by molar-refractivity contribution is 5.86. The van der Waals surface area contributed by atoms with Crippen LogP contribution in [0.15, 0.2) is 6.20 Å². The van der Waals surface area contributed by atoms with E-state index < -0.39 is 0 Å². The summed E-state index contributed by atoms with van der Waals surface area (Å²) >= 11 is 0. The van der Waals surface area contributed by atoms with Crippen LogP contribution in [0, 0.1) is 13.8 Å². The lowest BCUT2D eigenvalue weighted by Crippen LogP contribution is -2.32. The van der Waals surface area contributed by atoms with Crippen LogP contribution in [-0.4, -0.2) is 61.0 Å². The fourth-order valence-electron chi connectivity index (χ4n) is 4.98. The van der Waals surface area contributed by atoms with E-state index in [2.05, 4.69) is 36.6 Å². The monoisotopic (exact) mass is 408 g/mol. The van der Waals surface area contributed by atoms with Crippen LogP contribution in [0.1, 0.15) is 54.9 Å². The quantitative estimate of drug-likeness (QED) is 0.606. The van der Waals surface area contributed by atoms with Gasteiger partial charge in [-0.1, -0.05) is 6.42 Å². The summed E-state index contributed by atoms with van der Waals surface area (Å²) < 4.78 is 2.27. The number of unbranched alkanes of at least 4 members (excludes halogenated alkanes) is 2. The average Bonchev–Trinajstić information content (AvgIpc) is 3.48. The predicted octanol–water partition coefficient (Wildman–Crippen LogP) is 3.00. The standard InChI is InChI=1S/C22H32N8/c1-16-19-15-29(22-18-14-23-26-21(18)24-17(2)25-22)13-8-20(19)30(27-16)12-5-3-4-9-28-10-6-7-11-28/h14H,3-13,15H2,1-2H3,(H,23,24,25,26). The summed E-state index contributed by atoms with van der Waals surface area (Å²) in [5, 5.41) is 13.0. The van der Waals surface area contributed by atoms with E-state index in [9.17, 15) is 0 Å². The van der Waals surface area contributed by atoms with Gasteiger partial charge in [-0.2, -0.15) is 10.2 Å². The Morgan fingerprint density at radius 3 is 2.70 bits per heavy atom. The minimum atomic E-state index is 0.772. The van der Waals surface area contributed by atoms with Crippen molar-refractivity contribution >= 4 is 16.9 Å². The Morgan fingerprint density at radius 1 is 1.00 bits per heavy atom. The Labute approximate surface area is 177 Å². The molecular weight excluding hydrogens is 376 g/mol. The number of hydrogen-bond acceptors (Lipinski definition) is 6. The molecule has 0 spiro atoms. The van der Waals surface area contributed by atoms with E-state index in [0.29, 0.717) is 0 Å². The van der Waals surface area contributed by atoms with Gasteiger partial charge in [-0.3, -0.25) is 9.78 Å². The number of nitrogens with zero attached hydrogens (tertiary/aromatic N) is 7. The smallest absolute Gasteiger partial charge is 0.161 e. The Hall–Kier alpha value is -2.48. The molecule has 1 N–H and O–H groups in total. The zero-order valence-corrected chi connectivity index (χ0v) is 18.2. The van der Waals surface area contributed by atoms with Crippen molar-refractivity contribution in [1.29, 1.82) is 0 Å². The van der Waals surface area contributed by atoms with E-state index in [1.165, 1.54) is 63.0 Å². The van der Waals surface area contributed by atoms with Gasteiger partial charge in [-0.15, -0.1) is 0 Å². The van der Waals surface area contributed by atoms with Crippen molar-refractivity contribution in [3.05, 3.63) is 29.0 Å². The fraction of sp³-hybridized carbons (Fsp3) is 0.636. The van der Waals surface area contributed by atoms with Crippen LogP contribution in [-0.2, 0) is 19.5 Å². The lowest BCUT2D eigenvalue weighted by molar-refractivity contribution is 0.326. The zero-order chi connectivity index (χ0) is 20.5. The second-order valence-electron chi connectivity index (χ2n) is 8.74. The summed E-state index contributed by atoms with van der Waals surface area (Å²) in [5.74, 6) is 1.75. The van der Waals surface area contributed by atoms with Crippen LogP contribution in [0.25, 0.3) is 11.0 Å². The summed E-state index contributed by atoms with van der Waals surface area (Å²) in [6.07, 6.45) is 9.42. The van der Waals surface area contributed by atoms with Crippen molar-refractivity contribution in [3.63, 3.8) is 0 Å². The number of aryl methyl sites for hydroxylation is 3. The third-order valence-corrected chi connectivity index (χ3v) is 6.58. The molecule has 8 nitrogen and oxygen atoms in total. The lowest BCUT2D eigenvalue weighted by Gasteiger charge is -2.29. The molecule has 2 aliphatic rings. The summed E-state index contributed by atoms with van der Waals surface area (Å²) in [6, 6.07) is 0. The first-order valence-corrected chi connectivity index (χ1v) is 11.4. The molecule has 0 amide bonds. The number of aromatic amines is 1. The van der Waals surface area contributed by atoms with Crippen LogP contribution in [0.5, 0.6) is 0 Å². The molecule has 0 radical (unpaired) electrons. The number of hydrogen-bond donors (Lipinski definition) is 1. The maximum atomic E-state index is 4.89. The second kappa shape index (κ2) is 8.34. The zero-order valence-electron chi connectivity index (χ0n) is 18.2. The second-order valence-corrected chi connectivity index (χ2v) is 8.74. The molecule has 2 aliphatic heterocycles. The first-order valence-electron chi connectivity index (χ1n) is 11.4. The summed E-state index contributed by atoms with van der Waals surface area (Å²) in [4.78, 5) is 14.2. The topological polar surface area (TPSA) is 78.8 Å². The van der Waals surface area contributed by atoms with Crippen molar-refractivity contribution in [2.24, 2.45) is 0 Å². The minimum absolute atomic E-state index is 0.772. The van der Waals surface area contributed by atoms with Crippen molar-refractivity contribution in [2.75, 3.05) is 31.1 Å². The van der Waals surface area contributed by atoms with Gasteiger partial charge in [0.05, 0.1) is 17.3 Å². The third kappa shape index (κ3) is 3.80. The van der Waals surface area contributed by atoms with Crippen LogP contribution in [0.4, 0.5) is 5.82 Å². The molecule has 0 aromatic carbocycles. The third-order valence-electron chi connectivity index (χ3n) is 6.58. The normalized spacial score (nSPS) is 17.2. The van der Waals surface area contributed by atoms with Crippen LogP contribution < -0.4 is 4.90 Å². The van der Waals surface area contributed by atoms with Crippen molar-refractivity contribution in [1.82, 2.24) is 34.8 Å². The number of anilines is 1. The molecule has 30 heavy (non-hydrogen) atoms. The van der Waals surface area contributed by atoms with Gasteiger partial charge in [0.15, 0.2) is 5.65 Å². The van der Waals surface area contributed by atoms with Crippen LogP contribution in [0.3, 0.4) is 0 Å². The summed E-state index contributed by atoms with van der Waals surface area (Å²) in [7, 11) is 0. The molecule has 0 unspecified atom stereocenters. The van der Waals surface area contributed by atoms with Gasteiger partial charge in [0.2, 0.25) is 0 Å². The summed E-state index contributed by atoms with van der Waals surface area (Å²) in [6.45, 7) is 10.8. The van der Waals surface area contributed by atoms with Crippen LogP contribution >= 0.6 is 0 Å². The molecule has 5 rings (SSSR count).